The fourth-order valence-electron chi connectivity index (χ4n) is 1.55. The number of nitrogens with zero attached hydrogens (tertiary/aromatic N) is 1. The van der Waals surface area contributed by atoms with Crippen molar-refractivity contribution in [3.05, 3.63) is 28.2 Å². The molecular formula is C13H16BrNO. The van der Waals surface area contributed by atoms with Gasteiger partial charge in [-0.25, -0.2) is 0 Å². The SMILES string of the molecule is C#CCN(CC)c1ccc([C@H](C)O)c(Br)c1. The number of terminal acetylenes is 1. The van der Waals surface area contributed by atoms with Gasteiger partial charge in [0.05, 0.1) is 12.6 Å². The third-order valence-electron chi connectivity index (χ3n) is 2.46. The molecule has 0 bridgehead atoms. The van der Waals surface area contributed by atoms with Gasteiger partial charge < -0.3 is 10.0 Å². The molecule has 2 nitrogen and oxygen atoms in total. The number of hydrogen-bond donors (Lipinski definition) is 1. The molecule has 16 heavy (non-hydrogen) atoms. The van der Waals surface area contributed by atoms with Crippen LogP contribution in [-0.4, -0.2) is 18.2 Å². The summed E-state index contributed by atoms with van der Waals surface area (Å²) in [5.74, 6) is 2.64. The third kappa shape index (κ3) is 3.01. The van der Waals surface area contributed by atoms with Gasteiger partial charge in [0.25, 0.3) is 0 Å². The van der Waals surface area contributed by atoms with E-state index < -0.39 is 6.10 Å². The largest absolute Gasteiger partial charge is 0.389 e. The Hall–Kier alpha value is -0.980. The first-order chi connectivity index (χ1) is 7.60. The summed E-state index contributed by atoms with van der Waals surface area (Å²) in [6.45, 7) is 5.27. The molecule has 0 aromatic heterocycles. The van der Waals surface area contributed by atoms with Gasteiger partial charge in [0.15, 0.2) is 0 Å². The highest BCUT2D eigenvalue weighted by Crippen LogP contribution is 2.28. The van der Waals surface area contributed by atoms with Gasteiger partial charge in [-0.1, -0.05) is 27.9 Å². The van der Waals surface area contributed by atoms with E-state index in [0.717, 1.165) is 22.3 Å². The van der Waals surface area contributed by atoms with E-state index in [0.29, 0.717) is 6.54 Å². The summed E-state index contributed by atoms with van der Waals surface area (Å²) >= 11 is 3.46. The zero-order valence-electron chi connectivity index (χ0n) is 9.57. The Bertz CT molecular complexity index is 395. The monoisotopic (exact) mass is 281 g/mol. The van der Waals surface area contributed by atoms with Crippen LogP contribution in [0, 0.1) is 12.3 Å². The van der Waals surface area contributed by atoms with Crippen LogP contribution in [0.2, 0.25) is 0 Å². The average Bonchev–Trinajstić information content (AvgIpc) is 2.25. The first-order valence-electron chi connectivity index (χ1n) is 5.26. The van der Waals surface area contributed by atoms with Gasteiger partial charge in [-0.3, -0.25) is 0 Å². The Morgan fingerprint density at radius 1 is 1.56 bits per heavy atom. The molecule has 1 aromatic carbocycles. The molecule has 0 aliphatic rings. The minimum Gasteiger partial charge on any atom is -0.389 e. The van der Waals surface area contributed by atoms with Crippen molar-refractivity contribution in [2.24, 2.45) is 0 Å². The Morgan fingerprint density at radius 2 is 2.25 bits per heavy atom. The molecule has 1 aromatic rings. The van der Waals surface area contributed by atoms with Crippen LogP contribution in [0.4, 0.5) is 5.69 Å². The van der Waals surface area contributed by atoms with Crippen molar-refractivity contribution >= 4 is 21.6 Å². The maximum atomic E-state index is 9.52. The molecule has 0 fully saturated rings. The highest BCUT2D eigenvalue weighted by molar-refractivity contribution is 9.10. The Morgan fingerprint density at radius 3 is 2.69 bits per heavy atom. The summed E-state index contributed by atoms with van der Waals surface area (Å²) < 4.78 is 0.912. The number of benzene rings is 1. The third-order valence-corrected chi connectivity index (χ3v) is 3.15. The van der Waals surface area contributed by atoms with Gasteiger partial charge >= 0.3 is 0 Å². The standard InChI is InChI=1S/C13H16BrNO/c1-4-8-15(5-2)11-6-7-12(10(3)16)13(14)9-11/h1,6-7,9-10,16H,5,8H2,2-3H3/t10-/m0/s1. The lowest BCUT2D eigenvalue weighted by Crippen LogP contribution is -2.22. The van der Waals surface area contributed by atoms with Crippen LogP contribution in [-0.2, 0) is 0 Å². The second-order valence-electron chi connectivity index (χ2n) is 3.60. The zero-order chi connectivity index (χ0) is 12.1. The quantitative estimate of drug-likeness (QED) is 0.858. The summed E-state index contributed by atoms with van der Waals surface area (Å²) in [4.78, 5) is 2.09. The average molecular weight is 282 g/mol. The normalized spacial score (nSPS) is 11.9. The second kappa shape index (κ2) is 5.93. The predicted molar refractivity (Wildman–Crippen MR) is 71.5 cm³/mol. The summed E-state index contributed by atoms with van der Waals surface area (Å²) in [5.41, 5.74) is 1.96. The summed E-state index contributed by atoms with van der Waals surface area (Å²) in [6.07, 6.45) is 4.85. The predicted octanol–water partition coefficient (Wildman–Crippen LogP) is 2.96. The number of aliphatic hydroxyl groups is 1. The number of anilines is 1. The van der Waals surface area contributed by atoms with E-state index in [9.17, 15) is 5.11 Å². The van der Waals surface area contributed by atoms with E-state index in [1.807, 2.05) is 18.2 Å². The van der Waals surface area contributed by atoms with Crippen LogP contribution in [0.5, 0.6) is 0 Å². The van der Waals surface area contributed by atoms with E-state index in [4.69, 9.17) is 6.42 Å². The van der Waals surface area contributed by atoms with E-state index in [-0.39, 0.29) is 0 Å². The summed E-state index contributed by atoms with van der Waals surface area (Å²) in [5, 5.41) is 9.52. The smallest absolute Gasteiger partial charge is 0.0791 e. The topological polar surface area (TPSA) is 23.5 Å². The molecule has 0 heterocycles. The lowest BCUT2D eigenvalue weighted by Gasteiger charge is -2.21. The van der Waals surface area contributed by atoms with Gasteiger partial charge in [-0.15, -0.1) is 6.42 Å². The minimum absolute atomic E-state index is 0.467. The Labute approximate surface area is 105 Å². The summed E-state index contributed by atoms with van der Waals surface area (Å²) in [6, 6.07) is 5.89. The fourth-order valence-corrected chi connectivity index (χ4v) is 2.25. The fraction of sp³-hybridized carbons (Fsp3) is 0.385. The number of aliphatic hydroxyl groups excluding tert-OH is 1. The second-order valence-corrected chi connectivity index (χ2v) is 4.45. The maximum Gasteiger partial charge on any atom is 0.0791 e. The first kappa shape index (κ1) is 13.1. The van der Waals surface area contributed by atoms with Crippen LogP contribution >= 0.6 is 15.9 Å². The van der Waals surface area contributed by atoms with Crippen molar-refractivity contribution in [1.82, 2.24) is 0 Å². The van der Waals surface area contributed by atoms with Crippen molar-refractivity contribution in [1.29, 1.82) is 0 Å². The van der Waals surface area contributed by atoms with Crippen LogP contribution in [0.15, 0.2) is 22.7 Å². The van der Waals surface area contributed by atoms with Crippen LogP contribution in [0.3, 0.4) is 0 Å². The zero-order valence-corrected chi connectivity index (χ0v) is 11.2. The molecular weight excluding hydrogens is 266 g/mol. The van der Waals surface area contributed by atoms with Crippen LogP contribution in [0.25, 0.3) is 0 Å². The van der Waals surface area contributed by atoms with E-state index >= 15 is 0 Å². The van der Waals surface area contributed by atoms with Gasteiger partial charge in [-0.05, 0) is 31.5 Å². The highest BCUT2D eigenvalue weighted by Gasteiger charge is 2.09. The highest BCUT2D eigenvalue weighted by atomic mass is 79.9. The van der Waals surface area contributed by atoms with Crippen molar-refractivity contribution in [3.63, 3.8) is 0 Å². The van der Waals surface area contributed by atoms with Gasteiger partial charge in [-0.2, -0.15) is 0 Å². The van der Waals surface area contributed by atoms with Crippen molar-refractivity contribution in [3.8, 4) is 12.3 Å². The molecule has 86 valence electrons. The van der Waals surface area contributed by atoms with Gasteiger partial charge in [0.2, 0.25) is 0 Å². The summed E-state index contributed by atoms with van der Waals surface area (Å²) in [7, 11) is 0. The van der Waals surface area contributed by atoms with E-state index in [1.165, 1.54) is 0 Å². The Kier molecular flexibility index (Phi) is 4.85. The van der Waals surface area contributed by atoms with Crippen molar-refractivity contribution in [2.45, 2.75) is 20.0 Å². The molecule has 0 radical (unpaired) electrons. The first-order valence-corrected chi connectivity index (χ1v) is 6.05. The molecule has 0 aliphatic carbocycles. The number of hydrogen-bond acceptors (Lipinski definition) is 2. The Balaban J connectivity index is 3.00. The van der Waals surface area contributed by atoms with Crippen LogP contribution < -0.4 is 4.90 Å². The molecule has 1 N–H and O–H groups in total. The van der Waals surface area contributed by atoms with E-state index in [1.54, 1.807) is 6.92 Å². The number of rotatable bonds is 4. The lowest BCUT2D eigenvalue weighted by atomic mass is 10.1. The molecule has 0 saturated heterocycles. The van der Waals surface area contributed by atoms with Gasteiger partial charge in [0.1, 0.15) is 0 Å². The molecule has 0 aliphatic heterocycles. The van der Waals surface area contributed by atoms with Crippen LogP contribution in [0.1, 0.15) is 25.5 Å². The van der Waals surface area contributed by atoms with Crippen molar-refractivity contribution in [2.75, 3.05) is 18.0 Å². The van der Waals surface area contributed by atoms with Gasteiger partial charge in [0, 0.05) is 16.7 Å². The molecule has 1 rings (SSSR count). The van der Waals surface area contributed by atoms with E-state index in [2.05, 4.69) is 33.7 Å². The van der Waals surface area contributed by atoms with Crippen molar-refractivity contribution < 1.29 is 5.11 Å². The minimum atomic E-state index is -0.467. The maximum absolute atomic E-state index is 9.52. The molecule has 3 heteroatoms. The molecule has 0 saturated carbocycles. The number of halogens is 1. The molecule has 0 unspecified atom stereocenters. The lowest BCUT2D eigenvalue weighted by molar-refractivity contribution is 0.198. The molecule has 0 spiro atoms. The molecule has 0 amide bonds. The molecule has 1 atom stereocenters.